The van der Waals surface area contributed by atoms with Gasteiger partial charge in [-0.2, -0.15) is 15.0 Å². The molecule has 2 aliphatic heterocycles. The molecule has 4 aromatic rings. The summed E-state index contributed by atoms with van der Waals surface area (Å²) in [5.41, 5.74) is 6.68. The van der Waals surface area contributed by atoms with Gasteiger partial charge in [0, 0.05) is 14.1 Å². The van der Waals surface area contributed by atoms with Crippen LogP contribution < -0.4 is 15.5 Å². The van der Waals surface area contributed by atoms with E-state index in [1.54, 1.807) is 26.6 Å². The molecule has 0 aliphatic carbocycles. The van der Waals surface area contributed by atoms with Crippen LogP contribution in [-0.4, -0.2) is 66.6 Å². The quantitative estimate of drug-likeness (QED) is 0.149. The second kappa shape index (κ2) is 15.1. The minimum Gasteiger partial charge on any atom is -0.369 e. The molecule has 6 rings (SSSR count). The number of thiazole rings is 2. The zero-order valence-corrected chi connectivity index (χ0v) is 29.3. The lowest BCUT2D eigenvalue weighted by atomic mass is 10.0. The van der Waals surface area contributed by atoms with Gasteiger partial charge in [0.05, 0.1) is 29.4 Å². The monoisotopic (exact) mass is 679 g/mol. The van der Waals surface area contributed by atoms with Gasteiger partial charge < -0.3 is 20.1 Å². The van der Waals surface area contributed by atoms with E-state index in [4.69, 9.17) is 26.8 Å². The first-order valence-corrected chi connectivity index (χ1v) is 17.2. The first kappa shape index (κ1) is 34.9. The fourth-order valence-electron chi connectivity index (χ4n) is 5.51. The zero-order chi connectivity index (χ0) is 33.0. The molecule has 4 aromatic heterocycles. The van der Waals surface area contributed by atoms with Crippen molar-refractivity contribution in [3.63, 3.8) is 0 Å². The van der Waals surface area contributed by atoms with Crippen LogP contribution in [0.15, 0.2) is 20.8 Å². The molecule has 0 spiro atoms. The van der Waals surface area contributed by atoms with Gasteiger partial charge in [-0.05, 0) is 37.5 Å². The fourth-order valence-corrected chi connectivity index (χ4v) is 7.46. The van der Waals surface area contributed by atoms with Crippen molar-refractivity contribution in [1.82, 2.24) is 34.0 Å². The molecule has 0 radical (unpaired) electrons. The molecule has 6 atom stereocenters. The number of ether oxygens (including phenoxy) is 2. The first-order chi connectivity index (χ1) is 21.5. The van der Waals surface area contributed by atoms with Crippen LogP contribution in [0.1, 0.15) is 79.7 Å². The predicted octanol–water partition coefficient (Wildman–Crippen LogP) is 5.86. The van der Waals surface area contributed by atoms with Crippen molar-refractivity contribution in [2.24, 2.45) is 16.8 Å². The molecular formula is C29H42ClN9O4S2. The van der Waals surface area contributed by atoms with Gasteiger partial charge in [0.15, 0.2) is 16.4 Å². The number of nitrogens with zero attached hydrogens (tertiary/aromatic N) is 8. The molecule has 0 unspecified atom stereocenters. The van der Waals surface area contributed by atoms with Crippen LogP contribution in [0, 0.1) is 11.8 Å². The van der Waals surface area contributed by atoms with Gasteiger partial charge in [0.2, 0.25) is 5.95 Å². The summed E-state index contributed by atoms with van der Waals surface area (Å²) in [5, 5.41) is 0.241. The van der Waals surface area contributed by atoms with E-state index in [0.29, 0.717) is 27.8 Å². The molecule has 13 nitrogen and oxygen atoms in total. The molecule has 2 saturated heterocycles. The van der Waals surface area contributed by atoms with Crippen molar-refractivity contribution >= 4 is 73.2 Å². The molecule has 2 fully saturated rings. The molecule has 2 aliphatic rings. The third kappa shape index (κ3) is 7.54. The average molecular weight is 680 g/mol. The summed E-state index contributed by atoms with van der Waals surface area (Å²) >= 11 is 8.41. The summed E-state index contributed by atoms with van der Waals surface area (Å²) < 4.78 is 16.5. The Kier molecular flexibility index (Phi) is 11.7. The smallest absolute Gasteiger partial charge is 0.311 e. The van der Waals surface area contributed by atoms with E-state index >= 15 is 0 Å². The first-order valence-electron chi connectivity index (χ1n) is 15.2. The molecule has 45 heavy (non-hydrogen) atoms. The van der Waals surface area contributed by atoms with E-state index in [0.717, 1.165) is 53.1 Å². The number of hydrogen-bond acceptors (Lipinski definition) is 12. The number of aliphatic imine (C=N–C) groups is 1. The zero-order valence-electron chi connectivity index (χ0n) is 26.9. The van der Waals surface area contributed by atoms with Crippen molar-refractivity contribution in [3.05, 3.63) is 30.7 Å². The number of nitrogen functional groups attached to an aromatic ring is 1. The molecule has 2 N–H and O–H groups in total. The van der Waals surface area contributed by atoms with Gasteiger partial charge in [-0.1, -0.05) is 75.8 Å². The van der Waals surface area contributed by atoms with E-state index in [1.165, 1.54) is 0 Å². The SMILES string of the molecule is CC.CC[C@H]1O[C@@H](n2c(=O)sc3c(Cl)nc(N=CN(C)C)nc32)C[C@@H]1C.CC[C@H]1O[C@@H](n2c(=O)sc3cnc(N)nc32)C[C@@H]1C. The van der Waals surface area contributed by atoms with E-state index in [9.17, 15) is 9.59 Å². The van der Waals surface area contributed by atoms with E-state index in [1.807, 2.05) is 27.9 Å². The number of rotatable bonds is 6. The van der Waals surface area contributed by atoms with Crippen molar-refractivity contribution in [2.45, 2.75) is 91.9 Å². The lowest BCUT2D eigenvalue weighted by molar-refractivity contribution is -0.00404. The van der Waals surface area contributed by atoms with Gasteiger partial charge in [0.25, 0.3) is 5.95 Å². The number of nitrogens with two attached hydrogens (primary N) is 1. The molecule has 16 heteroatoms. The number of fused-ring (bicyclic) bond motifs is 2. The minimum absolute atomic E-state index is 0.0659. The summed E-state index contributed by atoms with van der Waals surface area (Å²) in [6, 6.07) is 0. The third-order valence-corrected chi connectivity index (χ3v) is 9.87. The third-order valence-electron chi connectivity index (χ3n) is 7.65. The molecule has 0 saturated carbocycles. The normalized spacial score (nSPS) is 24.6. The largest absolute Gasteiger partial charge is 0.369 e. The van der Waals surface area contributed by atoms with Crippen LogP contribution in [0.4, 0.5) is 11.9 Å². The van der Waals surface area contributed by atoms with E-state index < -0.39 is 0 Å². The highest BCUT2D eigenvalue weighted by Gasteiger charge is 2.35. The highest BCUT2D eigenvalue weighted by atomic mass is 35.5. The molecule has 0 bridgehead atoms. The van der Waals surface area contributed by atoms with Crippen LogP contribution in [-0.2, 0) is 9.47 Å². The number of halogens is 1. The van der Waals surface area contributed by atoms with E-state index in [2.05, 4.69) is 52.6 Å². The summed E-state index contributed by atoms with van der Waals surface area (Å²) in [5.74, 6) is 1.24. The van der Waals surface area contributed by atoms with Gasteiger partial charge >= 0.3 is 9.75 Å². The maximum absolute atomic E-state index is 12.5. The van der Waals surface area contributed by atoms with Crippen LogP contribution in [0.5, 0.6) is 0 Å². The maximum atomic E-state index is 12.5. The number of hydrogen-bond donors (Lipinski definition) is 1. The molecule has 246 valence electrons. The van der Waals surface area contributed by atoms with Gasteiger partial charge in [-0.3, -0.25) is 18.7 Å². The molecular weight excluding hydrogens is 638 g/mol. The van der Waals surface area contributed by atoms with Crippen molar-refractivity contribution in [1.29, 1.82) is 0 Å². The van der Waals surface area contributed by atoms with Gasteiger partial charge in [0.1, 0.15) is 17.2 Å². The Morgan fingerprint density at radius 2 is 1.53 bits per heavy atom. The Morgan fingerprint density at radius 3 is 2.07 bits per heavy atom. The highest BCUT2D eigenvalue weighted by Crippen LogP contribution is 2.38. The van der Waals surface area contributed by atoms with E-state index in [-0.39, 0.29) is 51.5 Å². The fraction of sp³-hybridized carbons (Fsp3) is 0.621. The highest BCUT2D eigenvalue weighted by molar-refractivity contribution is 7.17. The summed E-state index contributed by atoms with van der Waals surface area (Å²) in [7, 11) is 3.70. The predicted molar refractivity (Wildman–Crippen MR) is 182 cm³/mol. The van der Waals surface area contributed by atoms with Gasteiger partial charge in [-0.15, -0.1) is 0 Å². The standard InChI is InChI=1S/C15H20ClN5O2S.C12H16N4O2S.C2H6/c1-5-9-8(2)6-10(23-9)21-13-11(24-15(21)22)12(16)18-14(19-13)17-7-20(3)4;1-3-7-6(2)4-9(18-7)16-10-8(19-12(16)17)5-14-11(13)15-10;1-2/h7-10H,5-6H2,1-4H3;5-7,9H,3-4H2,1-2H3,(H2,13,14,15);1-2H3/t8-,9+,10+;6-,7+,9+;/m00./s1. The Labute approximate surface area is 275 Å². The molecule has 0 aromatic carbocycles. The van der Waals surface area contributed by atoms with Crippen LogP contribution in [0.25, 0.3) is 20.7 Å². The maximum Gasteiger partial charge on any atom is 0.311 e. The molecule has 0 amide bonds. The molecule has 6 heterocycles. The summed E-state index contributed by atoms with van der Waals surface area (Å²) in [6.07, 6.45) is 6.46. The second-order valence-electron chi connectivity index (χ2n) is 11.1. The number of aromatic nitrogens is 6. The van der Waals surface area contributed by atoms with Crippen LogP contribution in [0.3, 0.4) is 0 Å². The lowest BCUT2D eigenvalue weighted by Gasteiger charge is -2.14. The lowest BCUT2D eigenvalue weighted by Crippen LogP contribution is -2.20. The topological polar surface area (TPSA) is 156 Å². The summed E-state index contributed by atoms with van der Waals surface area (Å²) in [4.78, 5) is 47.0. The number of anilines is 1. The van der Waals surface area contributed by atoms with Crippen molar-refractivity contribution in [3.8, 4) is 0 Å². The Hall–Kier alpha value is -2.98. The van der Waals surface area contributed by atoms with Crippen molar-refractivity contribution in [2.75, 3.05) is 19.8 Å². The second-order valence-corrected chi connectivity index (χ2v) is 13.4. The average Bonchev–Trinajstić information content (AvgIpc) is 3.74. The van der Waals surface area contributed by atoms with Gasteiger partial charge in [-0.25, -0.2) is 9.98 Å². The van der Waals surface area contributed by atoms with Crippen LogP contribution >= 0.6 is 34.3 Å². The minimum atomic E-state index is -0.317. The summed E-state index contributed by atoms with van der Waals surface area (Å²) in [6.45, 7) is 12.5. The Bertz CT molecular complexity index is 1750. The Morgan fingerprint density at radius 1 is 0.978 bits per heavy atom. The Balaban J connectivity index is 0.000000199. The van der Waals surface area contributed by atoms with Crippen LogP contribution in [0.2, 0.25) is 5.15 Å². The van der Waals surface area contributed by atoms with Crippen molar-refractivity contribution < 1.29 is 9.47 Å².